The highest BCUT2D eigenvalue weighted by Gasteiger charge is 2.27. The van der Waals surface area contributed by atoms with Crippen LogP contribution in [0.2, 0.25) is 0 Å². The molecule has 0 fully saturated rings. The number of nitrogens with one attached hydrogen (secondary N) is 1. The maximum absolute atomic E-state index is 12.5. The van der Waals surface area contributed by atoms with Gasteiger partial charge in [-0.2, -0.15) is 18.9 Å². The van der Waals surface area contributed by atoms with Crippen molar-refractivity contribution in [2.75, 3.05) is 16.9 Å². The number of hydrogen-bond donors (Lipinski definition) is 1. The summed E-state index contributed by atoms with van der Waals surface area (Å²) in [4.78, 5) is 37.1. The lowest BCUT2D eigenvalue weighted by Crippen LogP contribution is -2.36. The van der Waals surface area contributed by atoms with Crippen LogP contribution in [-0.2, 0) is 19.1 Å². The van der Waals surface area contributed by atoms with E-state index in [1.165, 1.54) is 5.01 Å². The molecule has 0 spiro atoms. The highest BCUT2D eigenvalue weighted by molar-refractivity contribution is 7.00. The van der Waals surface area contributed by atoms with E-state index in [1.54, 1.807) is 18.2 Å². The predicted octanol–water partition coefficient (Wildman–Crippen LogP) is 2.97. The Labute approximate surface area is 182 Å². The van der Waals surface area contributed by atoms with E-state index in [1.807, 2.05) is 32.0 Å². The van der Waals surface area contributed by atoms with Crippen LogP contribution in [0.5, 0.6) is 0 Å². The van der Waals surface area contributed by atoms with Crippen molar-refractivity contribution in [1.29, 1.82) is 0 Å². The van der Waals surface area contributed by atoms with Gasteiger partial charge < -0.3 is 10.1 Å². The number of nitrogens with zero attached hydrogens (tertiary/aromatic N) is 4. The average molecular weight is 437 g/mol. The molecule has 2 aromatic carbocycles. The number of fused-ring (bicyclic) bond motifs is 1. The second kappa shape index (κ2) is 8.60. The minimum atomic E-state index is -0.730. The number of benzene rings is 2. The van der Waals surface area contributed by atoms with E-state index in [9.17, 15) is 14.4 Å². The zero-order valence-corrected chi connectivity index (χ0v) is 17.7. The second-order valence-electron chi connectivity index (χ2n) is 7.10. The quantitative estimate of drug-likeness (QED) is 0.614. The Kier molecular flexibility index (Phi) is 5.72. The Morgan fingerprint density at radius 2 is 2.00 bits per heavy atom. The van der Waals surface area contributed by atoms with Crippen LogP contribution in [-0.4, -0.2) is 38.8 Å². The molecule has 2 amide bonds. The summed E-state index contributed by atoms with van der Waals surface area (Å²) in [5.74, 6) is -1.44. The Hall–Kier alpha value is -3.66. The molecule has 1 aromatic heterocycles. The number of hydrogen-bond acceptors (Lipinski definition) is 8. The Morgan fingerprint density at radius 3 is 2.84 bits per heavy atom. The molecule has 0 aliphatic carbocycles. The number of amides is 2. The molecule has 10 heteroatoms. The average Bonchev–Trinajstić information content (AvgIpc) is 3.24. The first-order valence-electron chi connectivity index (χ1n) is 9.58. The number of anilines is 2. The number of ether oxygens (including phenoxy) is 1. The van der Waals surface area contributed by atoms with Gasteiger partial charge in [-0.1, -0.05) is 18.2 Å². The van der Waals surface area contributed by atoms with Crippen LogP contribution in [0.1, 0.15) is 24.0 Å². The molecule has 0 atom stereocenters. The first kappa shape index (κ1) is 20.6. The molecule has 1 aliphatic heterocycles. The summed E-state index contributed by atoms with van der Waals surface area (Å²) in [7, 11) is 0. The topological polar surface area (TPSA) is 114 Å². The van der Waals surface area contributed by atoms with Gasteiger partial charge >= 0.3 is 5.97 Å². The standard InChI is InChI=1S/C21H19N5O4S/c1-12-6-7-13(2)17(10-12)26-19(28)9-8-16(23-26)21(29)30-11-18(27)22-14-4-3-5-15-20(14)25-31-24-15/h3-7,10H,8-9,11H2,1-2H3,(H,22,27). The van der Waals surface area contributed by atoms with Crippen LogP contribution in [0.25, 0.3) is 11.0 Å². The van der Waals surface area contributed by atoms with Crippen molar-refractivity contribution < 1.29 is 19.1 Å². The van der Waals surface area contributed by atoms with Crippen LogP contribution in [0.15, 0.2) is 41.5 Å². The second-order valence-corrected chi connectivity index (χ2v) is 7.63. The number of carbonyl (C=O) groups is 3. The fourth-order valence-corrected chi connectivity index (χ4v) is 3.69. The zero-order valence-electron chi connectivity index (χ0n) is 16.9. The maximum Gasteiger partial charge on any atom is 0.355 e. The van der Waals surface area contributed by atoms with Gasteiger partial charge in [0.25, 0.3) is 5.91 Å². The van der Waals surface area contributed by atoms with Gasteiger partial charge in [0.2, 0.25) is 5.91 Å². The monoisotopic (exact) mass is 437 g/mol. The molecule has 9 nitrogen and oxygen atoms in total. The summed E-state index contributed by atoms with van der Waals surface area (Å²) in [5, 5.41) is 8.11. The van der Waals surface area contributed by atoms with Crippen LogP contribution in [0.3, 0.4) is 0 Å². The molecule has 0 radical (unpaired) electrons. The zero-order chi connectivity index (χ0) is 22.0. The third kappa shape index (κ3) is 4.43. The summed E-state index contributed by atoms with van der Waals surface area (Å²) in [6, 6.07) is 10.9. The van der Waals surface area contributed by atoms with E-state index in [4.69, 9.17) is 4.74 Å². The largest absolute Gasteiger partial charge is 0.451 e. The smallest absolute Gasteiger partial charge is 0.355 e. The third-order valence-electron chi connectivity index (χ3n) is 4.76. The molecule has 1 aliphatic rings. The van der Waals surface area contributed by atoms with Crippen LogP contribution in [0.4, 0.5) is 11.4 Å². The van der Waals surface area contributed by atoms with Crippen molar-refractivity contribution in [2.24, 2.45) is 5.10 Å². The number of aromatic nitrogens is 2. The van der Waals surface area contributed by atoms with E-state index >= 15 is 0 Å². The van der Waals surface area contributed by atoms with E-state index in [2.05, 4.69) is 19.2 Å². The maximum atomic E-state index is 12.5. The van der Waals surface area contributed by atoms with Crippen molar-refractivity contribution in [3.05, 3.63) is 47.5 Å². The SMILES string of the molecule is Cc1ccc(C)c(N2N=C(C(=O)OCC(=O)Nc3cccc4nsnc34)CCC2=O)c1. The Morgan fingerprint density at radius 1 is 1.16 bits per heavy atom. The number of rotatable bonds is 5. The third-order valence-corrected chi connectivity index (χ3v) is 5.30. The molecule has 1 N–H and O–H groups in total. The summed E-state index contributed by atoms with van der Waals surface area (Å²) in [6.45, 7) is 3.30. The van der Waals surface area contributed by atoms with E-state index in [-0.39, 0.29) is 24.5 Å². The van der Waals surface area contributed by atoms with E-state index < -0.39 is 18.5 Å². The first-order chi connectivity index (χ1) is 14.9. The molecule has 0 saturated heterocycles. The first-order valence-corrected chi connectivity index (χ1v) is 10.3. The molecule has 158 valence electrons. The van der Waals surface area contributed by atoms with Crippen molar-refractivity contribution in [2.45, 2.75) is 26.7 Å². The van der Waals surface area contributed by atoms with Gasteiger partial charge in [-0.3, -0.25) is 9.59 Å². The molecule has 4 rings (SSSR count). The summed E-state index contributed by atoms with van der Waals surface area (Å²) in [6.07, 6.45) is 0.288. The van der Waals surface area contributed by atoms with Crippen molar-refractivity contribution in [3.63, 3.8) is 0 Å². The number of hydrazone groups is 1. The van der Waals surface area contributed by atoms with E-state index in [0.29, 0.717) is 22.4 Å². The lowest BCUT2D eigenvalue weighted by molar-refractivity contribution is -0.140. The highest BCUT2D eigenvalue weighted by atomic mass is 32.1. The molecule has 31 heavy (non-hydrogen) atoms. The van der Waals surface area contributed by atoms with Crippen LogP contribution in [0, 0.1) is 13.8 Å². The predicted molar refractivity (Wildman–Crippen MR) is 117 cm³/mol. The fraction of sp³-hybridized carbons (Fsp3) is 0.238. The molecule has 2 heterocycles. The lowest BCUT2D eigenvalue weighted by atomic mass is 10.1. The number of carbonyl (C=O) groups excluding carboxylic acids is 3. The lowest BCUT2D eigenvalue weighted by Gasteiger charge is -2.24. The number of esters is 1. The van der Waals surface area contributed by atoms with Gasteiger partial charge in [0.1, 0.15) is 16.7 Å². The van der Waals surface area contributed by atoms with Gasteiger partial charge in [0.15, 0.2) is 6.61 Å². The normalized spacial score (nSPS) is 13.8. The minimum absolute atomic E-state index is 0.0964. The van der Waals surface area contributed by atoms with E-state index in [0.717, 1.165) is 22.9 Å². The molecule has 0 saturated carbocycles. The summed E-state index contributed by atoms with van der Waals surface area (Å²) >= 11 is 1.05. The molecule has 0 unspecified atom stereocenters. The van der Waals surface area contributed by atoms with Gasteiger partial charge in [0.05, 0.1) is 23.1 Å². The van der Waals surface area contributed by atoms with Gasteiger partial charge in [-0.15, -0.1) is 0 Å². The Bertz CT molecular complexity index is 1220. The molecular weight excluding hydrogens is 418 g/mol. The van der Waals surface area contributed by atoms with Gasteiger partial charge in [-0.25, -0.2) is 4.79 Å². The molecule has 3 aromatic rings. The minimum Gasteiger partial charge on any atom is -0.451 e. The van der Waals surface area contributed by atoms with Gasteiger partial charge in [0, 0.05) is 12.8 Å². The van der Waals surface area contributed by atoms with Gasteiger partial charge in [-0.05, 0) is 43.2 Å². The highest BCUT2D eigenvalue weighted by Crippen LogP contribution is 2.26. The number of aryl methyl sites for hydroxylation is 2. The van der Waals surface area contributed by atoms with Crippen LogP contribution < -0.4 is 10.3 Å². The van der Waals surface area contributed by atoms with Crippen LogP contribution >= 0.6 is 11.7 Å². The molecule has 0 bridgehead atoms. The van der Waals surface area contributed by atoms with Crippen molar-refractivity contribution in [3.8, 4) is 0 Å². The summed E-state index contributed by atoms with van der Waals surface area (Å²) < 4.78 is 13.4. The molecular formula is C21H19N5O4S. The van der Waals surface area contributed by atoms with Crippen molar-refractivity contribution >= 4 is 57.6 Å². The fourth-order valence-electron chi connectivity index (χ4n) is 3.14. The van der Waals surface area contributed by atoms with Crippen molar-refractivity contribution in [1.82, 2.24) is 8.75 Å². The Balaban J connectivity index is 1.43. The summed E-state index contributed by atoms with van der Waals surface area (Å²) in [5.41, 5.74) is 4.30.